The summed E-state index contributed by atoms with van der Waals surface area (Å²) in [7, 11) is 1.60. The zero-order chi connectivity index (χ0) is 22.9. The number of ether oxygens (including phenoxy) is 2. The van der Waals surface area contributed by atoms with Gasteiger partial charge in [-0.25, -0.2) is 14.6 Å². The number of fused-ring (bicyclic) bond motifs is 1. The molecule has 2 N–H and O–H groups in total. The molecule has 1 amide bonds. The van der Waals surface area contributed by atoms with Crippen LogP contribution in [0.1, 0.15) is 31.1 Å². The lowest BCUT2D eigenvalue weighted by Gasteiger charge is -2.11. The third-order valence-electron chi connectivity index (χ3n) is 4.52. The summed E-state index contributed by atoms with van der Waals surface area (Å²) in [5.74, 6) is 1.31. The van der Waals surface area contributed by atoms with Gasteiger partial charge in [0.05, 0.1) is 31.8 Å². The Balaban J connectivity index is 1.70. The quantitative estimate of drug-likeness (QED) is 0.242. The Morgan fingerprint density at radius 1 is 1.19 bits per heavy atom. The van der Waals surface area contributed by atoms with Crippen molar-refractivity contribution in [2.24, 2.45) is 0 Å². The topological polar surface area (TPSA) is 103 Å². The Bertz CT molecular complexity index is 1020. The molecule has 0 aliphatic heterocycles. The predicted molar refractivity (Wildman–Crippen MR) is 127 cm³/mol. The highest BCUT2D eigenvalue weighted by molar-refractivity contribution is 7.99. The van der Waals surface area contributed by atoms with Crippen LogP contribution in [-0.4, -0.2) is 64.3 Å². The van der Waals surface area contributed by atoms with Crippen LogP contribution in [0.3, 0.4) is 0 Å². The average Bonchev–Trinajstić information content (AvgIpc) is 3.19. The second kappa shape index (κ2) is 11.7. The minimum absolute atomic E-state index is 0.145. The second-order valence-corrected chi connectivity index (χ2v) is 8.78. The summed E-state index contributed by atoms with van der Waals surface area (Å²) in [6.07, 6.45) is 1.76. The standard InChI is InChI=1S/C22H30N6O3S/c1-5-31-13-11-23-19-18-14-25-28(20(18)27-22(26-19)32-15(2)3)12-10-24-21(29)16-6-8-17(30-4)9-7-16/h6-9,14-15H,5,10-13H2,1-4H3,(H,24,29)(H,23,26,27). The number of hydrogen-bond acceptors (Lipinski definition) is 8. The molecule has 0 saturated carbocycles. The fourth-order valence-corrected chi connectivity index (χ4v) is 3.71. The Labute approximate surface area is 192 Å². The van der Waals surface area contributed by atoms with Gasteiger partial charge in [-0.3, -0.25) is 4.79 Å². The molecular formula is C22H30N6O3S. The summed E-state index contributed by atoms with van der Waals surface area (Å²) in [6.45, 7) is 9.01. The molecule has 2 heterocycles. The van der Waals surface area contributed by atoms with E-state index in [1.165, 1.54) is 0 Å². The first-order chi connectivity index (χ1) is 15.5. The van der Waals surface area contributed by atoms with Crippen molar-refractivity contribution in [3.8, 4) is 5.75 Å². The Morgan fingerprint density at radius 3 is 2.66 bits per heavy atom. The van der Waals surface area contributed by atoms with E-state index in [1.54, 1.807) is 54.0 Å². The molecule has 1 aromatic carbocycles. The molecule has 172 valence electrons. The van der Waals surface area contributed by atoms with Crippen LogP contribution in [0.5, 0.6) is 5.75 Å². The van der Waals surface area contributed by atoms with Crippen molar-refractivity contribution < 1.29 is 14.3 Å². The van der Waals surface area contributed by atoms with Gasteiger partial charge < -0.3 is 20.1 Å². The Hall–Kier alpha value is -2.85. The van der Waals surface area contributed by atoms with Gasteiger partial charge in [0.15, 0.2) is 10.8 Å². The molecule has 9 nitrogen and oxygen atoms in total. The third-order valence-corrected chi connectivity index (χ3v) is 5.39. The molecule has 0 atom stereocenters. The zero-order valence-electron chi connectivity index (χ0n) is 18.9. The molecule has 3 rings (SSSR count). The van der Waals surface area contributed by atoms with E-state index in [4.69, 9.17) is 14.5 Å². The normalized spacial score (nSPS) is 11.2. The fraction of sp³-hybridized carbons (Fsp3) is 0.455. The van der Waals surface area contributed by atoms with Crippen LogP contribution in [0.4, 0.5) is 5.82 Å². The monoisotopic (exact) mass is 458 g/mol. The van der Waals surface area contributed by atoms with Crippen molar-refractivity contribution in [1.29, 1.82) is 0 Å². The number of carbonyl (C=O) groups is 1. The molecule has 2 aromatic heterocycles. The maximum Gasteiger partial charge on any atom is 0.251 e. The highest BCUT2D eigenvalue weighted by Crippen LogP contribution is 2.26. The lowest BCUT2D eigenvalue weighted by Crippen LogP contribution is -2.27. The molecule has 0 fully saturated rings. The fourth-order valence-electron chi connectivity index (χ4n) is 3.00. The summed E-state index contributed by atoms with van der Waals surface area (Å²) in [5.41, 5.74) is 1.32. The Kier molecular flexibility index (Phi) is 8.69. The van der Waals surface area contributed by atoms with Gasteiger partial charge in [0, 0.05) is 30.5 Å². The van der Waals surface area contributed by atoms with Crippen LogP contribution in [-0.2, 0) is 11.3 Å². The van der Waals surface area contributed by atoms with Crippen molar-refractivity contribution in [2.45, 2.75) is 37.7 Å². The predicted octanol–water partition coefficient (Wildman–Crippen LogP) is 3.21. The molecule has 0 spiro atoms. The van der Waals surface area contributed by atoms with Gasteiger partial charge in [0.2, 0.25) is 0 Å². The van der Waals surface area contributed by atoms with Crippen molar-refractivity contribution >= 4 is 34.5 Å². The number of benzene rings is 1. The summed E-state index contributed by atoms with van der Waals surface area (Å²) in [5, 5.41) is 12.6. The molecule has 3 aromatic rings. The number of rotatable bonds is 12. The van der Waals surface area contributed by atoms with E-state index in [1.807, 2.05) is 6.92 Å². The lowest BCUT2D eigenvalue weighted by molar-refractivity contribution is 0.0952. The molecule has 0 aliphatic carbocycles. The molecule has 10 heteroatoms. The summed E-state index contributed by atoms with van der Waals surface area (Å²) in [4.78, 5) is 21.8. The van der Waals surface area contributed by atoms with Crippen molar-refractivity contribution in [1.82, 2.24) is 25.1 Å². The second-order valence-electron chi connectivity index (χ2n) is 7.23. The summed E-state index contributed by atoms with van der Waals surface area (Å²) < 4.78 is 12.3. The molecule has 0 saturated heterocycles. The van der Waals surface area contributed by atoms with Crippen LogP contribution >= 0.6 is 11.8 Å². The Morgan fingerprint density at radius 2 is 1.97 bits per heavy atom. The van der Waals surface area contributed by atoms with Crippen LogP contribution in [0, 0.1) is 0 Å². The summed E-state index contributed by atoms with van der Waals surface area (Å²) in [6, 6.07) is 7.00. The SMILES string of the molecule is CCOCCNc1nc(SC(C)C)nc2c1cnn2CCNC(=O)c1ccc(OC)cc1. The molecule has 32 heavy (non-hydrogen) atoms. The smallest absolute Gasteiger partial charge is 0.251 e. The number of aromatic nitrogens is 4. The lowest BCUT2D eigenvalue weighted by atomic mass is 10.2. The van der Waals surface area contributed by atoms with Gasteiger partial charge in [-0.2, -0.15) is 5.10 Å². The number of nitrogens with zero attached hydrogens (tertiary/aromatic N) is 4. The first-order valence-corrected chi connectivity index (χ1v) is 11.5. The highest BCUT2D eigenvalue weighted by Gasteiger charge is 2.14. The largest absolute Gasteiger partial charge is 0.497 e. The van der Waals surface area contributed by atoms with Gasteiger partial charge in [-0.05, 0) is 31.2 Å². The minimum atomic E-state index is -0.145. The van der Waals surface area contributed by atoms with Gasteiger partial charge in [0.25, 0.3) is 5.91 Å². The molecule has 0 aliphatic rings. The van der Waals surface area contributed by atoms with Crippen molar-refractivity contribution in [3.05, 3.63) is 36.0 Å². The zero-order valence-corrected chi connectivity index (χ0v) is 19.7. The molecule has 0 bridgehead atoms. The van der Waals surface area contributed by atoms with Gasteiger partial charge >= 0.3 is 0 Å². The molecular weight excluding hydrogens is 428 g/mol. The van der Waals surface area contributed by atoms with Crippen LogP contribution in [0.2, 0.25) is 0 Å². The number of methoxy groups -OCH3 is 1. The van der Waals surface area contributed by atoms with E-state index in [-0.39, 0.29) is 5.91 Å². The van der Waals surface area contributed by atoms with Crippen molar-refractivity contribution in [2.75, 3.05) is 38.7 Å². The van der Waals surface area contributed by atoms with Crippen LogP contribution in [0.25, 0.3) is 11.0 Å². The first-order valence-electron chi connectivity index (χ1n) is 10.7. The van der Waals surface area contributed by atoms with Gasteiger partial charge in [-0.15, -0.1) is 0 Å². The molecule has 0 radical (unpaired) electrons. The average molecular weight is 459 g/mol. The van der Waals surface area contributed by atoms with E-state index < -0.39 is 0 Å². The highest BCUT2D eigenvalue weighted by atomic mass is 32.2. The number of hydrogen-bond donors (Lipinski definition) is 2. The molecule has 0 unspecified atom stereocenters. The number of thioether (sulfide) groups is 1. The number of nitrogens with one attached hydrogen (secondary N) is 2. The van der Waals surface area contributed by atoms with E-state index in [9.17, 15) is 4.79 Å². The van der Waals surface area contributed by atoms with E-state index >= 15 is 0 Å². The number of carbonyl (C=O) groups excluding carboxylic acids is 1. The van der Waals surface area contributed by atoms with Crippen molar-refractivity contribution in [3.63, 3.8) is 0 Å². The van der Waals surface area contributed by atoms with Gasteiger partial charge in [-0.1, -0.05) is 25.6 Å². The van der Waals surface area contributed by atoms with E-state index in [0.29, 0.717) is 54.6 Å². The van der Waals surface area contributed by atoms with Gasteiger partial charge in [0.1, 0.15) is 11.6 Å². The number of amides is 1. The van der Waals surface area contributed by atoms with Crippen LogP contribution < -0.4 is 15.4 Å². The first kappa shape index (κ1) is 23.8. The third kappa shape index (κ3) is 6.33. The maximum absolute atomic E-state index is 12.4. The summed E-state index contributed by atoms with van der Waals surface area (Å²) >= 11 is 1.60. The maximum atomic E-state index is 12.4. The van der Waals surface area contributed by atoms with Crippen LogP contribution in [0.15, 0.2) is 35.6 Å². The number of anilines is 1. The van der Waals surface area contributed by atoms with E-state index in [2.05, 4.69) is 34.6 Å². The van der Waals surface area contributed by atoms with E-state index in [0.717, 1.165) is 16.9 Å². The minimum Gasteiger partial charge on any atom is -0.497 e.